The molecule has 0 atom stereocenters. The number of carbonyl (C=O) groups excluding carboxylic acids is 1. The number of halogens is 3. The Kier molecular flexibility index (Phi) is 6.94. The van der Waals surface area contributed by atoms with Crippen LogP contribution in [0.5, 0.6) is 0 Å². The monoisotopic (exact) mass is 512 g/mol. The highest BCUT2D eigenvalue weighted by Crippen LogP contribution is 2.39. The average molecular weight is 513 g/mol. The molecule has 0 saturated heterocycles. The highest BCUT2D eigenvalue weighted by Gasteiger charge is 2.34. The first-order chi connectivity index (χ1) is 18.3. The van der Waals surface area contributed by atoms with Crippen LogP contribution >= 0.6 is 0 Å². The second-order valence-electron chi connectivity index (χ2n) is 8.85. The highest BCUT2D eigenvalue weighted by molar-refractivity contribution is 6.16. The molecular formula is C31H23F3N2O2. The van der Waals surface area contributed by atoms with Crippen LogP contribution in [0.25, 0.3) is 22.0 Å². The molecule has 1 heterocycles. The number of hydrogen-bond acceptors (Lipinski definition) is 4. The number of hydrogen-bond donors (Lipinski definition) is 2. The Morgan fingerprint density at radius 2 is 1.55 bits per heavy atom. The fourth-order valence-corrected chi connectivity index (χ4v) is 4.43. The van der Waals surface area contributed by atoms with Crippen molar-refractivity contribution in [1.82, 2.24) is 4.98 Å². The lowest BCUT2D eigenvalue weighted by Crippen LogP contribution is -2.09. The smallest absolute Gasteiger partial charge is 0.392 e. The Morgan fingerprint density at radius 1 is 0.842 bits per heavy atom. The molecule has 0 fully saturated rings. The number of rotatable bonds is 7. The van der Waals surface area contributed by atoms with E-state index in [1.807, 2.05) is 36.4 Å². The van der Waals surface area contributed by atoms with Crippen molar-refractivity contribution < 1.29 is 23.1 Å². The van der Waals surface area contributed by atoms with Crippen LogP contribution in [0.4, 0.5) is 18.9 Å². The first kappa shape index (κ1) is 25.2. The minimum atomic E-state index is -4.59. The number of anilines is 1. The number of aromatic nitrogens is 1. The Labute approximate surface area is 217 Å². The molecule has 0 bridgehead atoms. The van der Waals surface area contributed by atoms with E-state index in [0.717, 1.165) is 22.9 Å². The lowest BCUT2D eigenvalue weighted by atomic mass is 9.91. The number of nitrogens with zero attached hydrogens (tertiary/aromatic N) is 1. The van der Waals surface area contributed by atoms with Gasteiger partial charge in [-0.1, -0.05) is 78.9 Å². The molecule has 4 aromatic carbocycles. The number of pyridine rings is 1. The number of ketones is 1. The number of fused-ring (bicyclic) bond motifs is 1. The van der Waals surface area contributed by atoms with Crippen LogP contribution in [0.15, 0.2) is 103 Å². The largest absolute Gasteiger partial charge is 0.418 e. The van der Waals surface area contributed by atoms with Gasteiger partial charge in [0.05, 0.1) is 17.7 Å². The van der Waals surface area contributed by atoms with Crippen LogP contribution in [-0.2, 0) is 19.3 Å². The molecule has 190 valence electrons. The van der Waals surface area contributed by atoms with Gasteiger partial charge in [-0.05, 0) is 34.9 Å². The summed E-state index contributed by atoms with van der Waals surface area (Å²) >= 11 is 0. The molecule has 0 aliphatic rings. The zero-order chi connectivity index (χ0) is 26.7. The highest BCUT2D eigenvalue weighted by atomic mass is 19.4. The van der Waals surface area contributed by atoms with E-state index < -0.39 is 11.7 Å². The molecule has 5 rings (SSSR count). The van der Waals surface area contributed by atoms with Gasteiger partial charge in [0.25, 0.3) is 0 Å². The standard InChI is InChI=1S/C31H23F3N2O2/c32-31(33,34)27-11-5-10-25-28(26(18-36-29(25)27)30(38)22-6-2-1-3-7-22)23-8-4-9-24(16-23)35-17-20-12-14-21(19-37)15-13-20/h1-16,18,35,37H,17,19H2. The van der Waals surface area contributed by atoms with Crippen molar-refractivity contribution in [2.75, 3.05) is 5.32 Å². The molecule has 38 heavy (non-hydrogen) atoms. The van der Waals surface area contributed by atoms with Crippen LogP contribution < -0.4 is 5.32 Å². The van der Waals surface area contributed by atoms with Crippen LogP contribution in [0.3, 0.4) is 0 Å². The van der Waals surface area contributed by atoms with Gasteiger partial charge in [-0.2, -0.15) is 13.2 Å². The van der Waals surface area contributed by atoms with E-state index in [9.17, 15) is 23.1 Å². The third-order valence-electron chi connectivity index (χ3n) is 6.34. The van der Waals surface area contributed by atoms with Gasteiger partial charge in [-0.3, -0.25) is 9.78 Å². The summed E-state index contributed by atoms with van der Waals surface area (Å²) in [7, 11) is 0. The van der Waals surface area contributed by atoms with Crippen LogP contribution in [0, 0.1) is 0 Å². The van der Waals surface area contributed by atoms with Gasteiger partial charge in [0.2, 0.25) is 0 Å². The lowest BCUT2D eigenvalue weighted by molar-refractivity contribution is -0.136. The van der Waals surface area contributed by atoms with Crippen molar-refractivity contribution in [2.45, 2.75) is 19.3 Å². The van der Waals surface area contributed by atoms with E-state index in [1.54, 1.807) is 48.5 Å². The molecule has 0 spiro atoms. The minimum absolute atomic E-state index is 0.0320. The predicted molar refractivity (Wildman–Crippen MR) is 142 cm³/mol. The molecule has 0 aliphatic heterocycles. The predicted octanol–water partition coefficient (Wildman–Crippen LogP) is 7.26. The fraction of sp³-hybridized carbons (Fsp3) is 0.0968. The number of aliphatic hydroxyl groups is 1. The number of alkyl halides is 3. The maximum Gasteiger partial charge on any atom is 0.418 e. The van der Waals surface area contributed by atoms with Crippen molar-refractivity contribution >= 4 is 22.4 Å². The first-order valence-corrected chi connectivity index (χ1v) is 12.0. The van der Waals surface area contributed by atoms with Crippen molar-refractivity contribution in [3.05, 3.63) is 131 Å². The second-order valence-corrected chi connectivity index (χ2v) is 8.85. The lowest BCUT2D eigenvalue weighted by Gasteiger charge is -2.16. The number of benzene rings is 4. The maximum atomic E-state index is 13.8. The van der Waals surface area contributed by atoms with E-state index in [4.69, 9.17) is 0 Å². The van der Waals surface area contributed by atoms with Gasteiger partial charge in [0.15, 0.2) is 5.78 Å². The summed E-state index contributed by atoms with van der Waals surface area (Å²) in [6.45, 7) is 0.468. The fourth-order valence-electron chi connectivity index (χ4n) is 4.43. The molecule has 7 heteroatoms. The Hall–Kier alpha value is -4.49. The number of para-hydroxylation sites is 1. The molecule has 0 radical (unpaired) electrons. The van der Waals surface area contributed by atoms with E-state index in [1.165, 1.54) is 12.3 Å². The summed E-state index contributed by atoms with van der Waals surface area (Å²) in [5.41, 5.74) is 3.12. The maximum absolute atomic E-state index is 13.8. The van der Waals surface area contributed by atoms with Gasteiger partial charge in [0.1, 0.15) is 0 Å². The van der Waals surface area contributed by atoms with Gasteiger partial charge in [0, 0.05) is 40.5 Å². The van der Waals surface area contributed by atoms with Crippen LogP contribution in [0.1, 0.15) is 32.6 Å². The molecule has 0 aliphatic carbocycles. The quantitative estimate of drug-likeness (QED) is 0.225. The molecule has 5 aromatic rings. The Morgan fingerprint density at radius 3 is 2.26 bits per heavy atom. The third-order valence-corrected chi connectivity index (χ3v) is 6.34. The van der Waals surface area contributed by atoms with Gasteiger partial charge >= 0.3 is 6.18 Å². The number of nitrogens with one attached hydrogen (secondary N) is 1. The Bertz CT molecular complexity index is 1600. The van der Waals surface area contributed by atoms with Gasteiger partial charge in [-0.25, -0.2) is 0 Å². The van der Waals surface area contributed by atoms with Crippen molar-refractivity contribution in [2.24, 2.45) is 0 Å². The Balaban J connectivity index is 1.61. The molecule has 1 aromatic heterocycles. The minimum Gasteiger partial charge on any atom is -0.392 e. The third kappa shape index (κ3) is 5.14. The van der Waals surface area contributed by atoms with E-state index >= 15 is 0 Å². The van der Waals surface area contributed by atoms with Crippen molar-refractivity contribution in [3.8, 4) is 11.1 Å². The zero-order valence-electron chi connectivity index (χ0n) is 20.2. The molecule has 0 saturated carbocycles. The van der Waals surface area contributed by atoms with Gasteiger partial charge in [-0.15, -0.1) is 0 Å². The van der Waals surface area contributed by atoms with Crippen LogP contribution in [0.2, 0.25) is 0 Å². The topological polar surface area (TPSA) is 62.2 Å². The molecule has 4 nitrogen and oxygen atoms in total. The normalized spacial score (nSPS) is 11.5. The number of aliphatic hydroxyl groups excluding tert-OH is 1. The van der Waals surface area contributed by atoms with Crippen molar-refractivity contribution in [3.63, 3.8) is 0 Å². The molecular weight excluding hydrogens is 489 g/mol. The molecule has 0 unspecified atom stereocenters. The summed E-state index contributed by atoms with van der Waals surface area (Å²) in [6.07, 6.45) is -3.35. The summed E-state index contributed by atoms with van der Waals surface area (Å²) in [6, 6.07) is 27.3. The summed E-state index contributed by atoms with van der Waals surface area (Å²) in [5.74, 6) is -0.324. The van der Waals surface area contributed by atoms with E-state index in [-0.39, 0.29) is 28.9 Å². The summed E-state index contributed by atoms with van der Waals surface area (Å²) in [4.78, 5) is 17.6. The van der Waals surface area contributed by atoms with E-state index in [2.05, 4.69) is 10.3 Å². The SMILES string of the molecule is O=C(c1ccccc1)c1cnc2c(C(F)(F)F)cccc2c1-c1cccc(NCc2ccc(CO)cc2)c1. The zero-order valence-corrected chi connectivity index (χ0v) is 20.2. The number of carbonyl (C=O) groups is 1. The molecule has 2 N–H and O–H groups in total. The second kappa shape index (κ2) is 10.5. The molecule has 0 amide bonds. The first-order valence-electron chi connectivity index (χ1n) is 12.0. The summed E-state index contributed by atoms with van der Waals surface area (Å²) < 4.78 is 41.5. The van der Waals surface area contributed by atoms with Gasteiger partial charge < -0.3 is 10.4 Å². The van der Waals surface area contributed by atoms with Crippen molar-refractivity contribution in [1.29, 1.82) is 0 Å². The van der Waals surface area contributed by atoms with E-state index in [0.29, 0.717) is 23.2 Å². The van der Waals surface area contributed by atoms with Crippen LogP contribution in [-0.4, -0.2) is 15.9 Å². The average Bonchev–Trinajstić information content (AvgIpc) is 2.95. The summed E-state index contributed by atoms with van der Waals surface area (Å²) in [5, 5.41) is 12.8.